The number of rotatable bonds is 2. The van der Waals surface area contributed by atoms with Gasteiger partial charge < -0.3 is 10.6 Å². The number of nitrogens with one attached hydrogen (secondary N) is 2. The molecule has 1 aromatic rings. The van der Waals surface area contributed by atoms with E-state index in [9.17, 15) is 9.18 Å². The van der Waals surface area contributed by atoms with Gasteiger partial charge in [0.05, 0.1) is 0 Å². The van der Waals surface area contributed by atoms with E-state index in [4.69, 9.17) is 0 Å². The molecule has 3 nitrogen and oxygen atoms in total. The van der Waals surface area contributed by atoms with Crippen LogP contribution in [-0.2, 0) is 4.79 Å². The molecule has 5 heteroatoms. The second-order valence-electron chi connectivity index (χ2n) is 4.53. The fourth-order valence-corrected chi connectivity index (χ4v) is 2.14. The molecule has 1 amide bonds. The Kier molecular flexibility index (Phi) is 5.56. The number of halogens is 2. The Morgan fingerprint density at radius 2 is 2.00 bits per heavy atom. The maximum absolute atomic E-state index is 13.2. The van der Waals surface area contributed by atoms with Crippen molar-refractivity contribution in [2.24, 2.45) is 5.92 Å². The summed E-state index contributed by atoms with van der Waals surface area (Å²) in [5.41, 5.74) is 1.36. The fourth-order valence-electron chi connectivity index (χ4n) is 2.14. The lowest BCUT2D eigenvalue weighted by Crippen LogP contribution is -2.34. The standard InChI is InChI=1S/C13H17FN2O.ClH/c1-9-6-11(14)8-12(7-9)16-13(17)10-2-4-15-5-3-10;/h6-8,10,15H,2-5H2,1H3,(H,16,17);1H. The zero-order chi connectivity index (χ0) is 12.3. The molecule has 0 unspecified atom stereocenters. The number of aryl methyl sites for hydroxylation is 1. The summed E-state index contributed by atoms with van der Waals surface area (Å²) < 4.78 is 13.2. The minimum atomic E-state index is -0.314. The van der Waals surface area contributed by atoms with Crippen LogP contribution in [0.5, 0.6) is 0 Å². The Hall–Kier alpha value is -1.13. The van der Waals surface area contributed by atoms with Gasteiger partial charge in [-0.3, -0.25) is 4.79 Å². The van der Waals surface area contributed by atoms with Gasteiger partial charge in [0.1, 0.15) is 5.82 Å². The number of anilines is 1. The van der Waals surface area contributed by atoms with E-state index in [-0.39, 0.29) is 30.0 Å². The van der Waals surface area contributed by atoms with Crippen LogP contribution in [0.25, 0.3) is 0 Å². The van der Waals surface area contributed by atoms with Crippen molar-refractivity contribution < 1.29 is 9.18 Å². The SMILES string of the molecule is Cc1cc(F)cc(NC(=O)C2CCNCC2)c1.Cl. The van der Waals surface area contributed by atoms with Crippen molar-refractivity contribution in [2.45, 2.75) is 19.8 Å². The molecule has 0 bridgehead atoms. The van der Waals surface area contributed by atoms with E-state index in [0.29, 0.717) is 5.69 Å². The van der Waals surface area contributed by atoms with E-state index in [2.05, 4.69) is 10.6 Å². The topological polar surface area (TPSA) is 41.1 Å². The number of benzene rings is 1. The highest BCUT2D eigenvalue weighted by molar-refractivity contribution is 5.92. The van der Waals surface area contributed by atoms with Crippen molar-refractivity contribution in [3.05, 3.63) is 29.6 Å². The first-order chi connectivity index (χ1) is 8.15. The van der Waals surface area contributed by atoms with Crippen LogP contribution in [0.2, 0.25) is 0 Å². The molecule has 0 aliphatic carbocycles. The van der Waals surface area contributed by atoms with Gasteiger partial charge in [-0.1, -0.05) is 0 Å². The lowest BCUT2D eigenvalue weighted by atomic mass is 9.97. The van der Waals surface area contributed by atoms with Crippen molar-refractivity contribution in [1.82, 2.24) is 5.32 Å². The molecule has 18 heavy (non-hydrogen) atoms. The lowest BCUT2D eigenvalue weighted by molar-refractivity contribution is -0.120. The highest BCUT2D eigenvalue weighted by atomic mass is 35.5. The zero-order valence-electron chi connectivity index (χ0n) is 10.3. The Morgan fingerprint density at radius 1 is 1.33 bits per heavy atom. The monoisotopic (exact) mass is 272 g/mol. The maximum atomic E-state index is 13.2. The number of amides is 1. The number of hydrogen-bond acceptors (Lipinski definition) is 2. The predicted molar refractivity (Wildman–Crippen MR) is 72.6 cm³/mol. The second kappa shape index (κ2) is 6.71. The Labute approximate surface area is 113 Å². The average Bonchev–Trinajstić information content (AvgIpc) is 2.28. The summed E-state index contributed by atoms with van der Waals surface area (Å²) in [5, 5.41) is 6.00. The minimum absolute atomic E-state index is 0. The third-order valence-electron chi connectivity index (χ3n) is 3.02. The van der Waals surface area contributed by atoms with Crippen LogP contribution in [0.3, 0.4) is 0 Å². The normalized spacial score (nSPS) is 15.9. The third kappa shape index (κ3) is 3.96. The highest BCUT2D eigenvalue weighted by Gasteiger charge is 2.20. The molecule has 1 fully saturated rings. The highest BCUT2D eigenvalue weighted by Crippen LogP contribution is 2.17. The summed E-state index contributed by atoms with van der Waals surface area (Å²) in [6, 6.07) is 4.58. The van der Waals surface area contributed by atoms with Gasteiger partial charge in [0.15, 0.2) is 0 Å². The molecule has 0 aromatic heterocycles. The van der Waals surface area contributed by atoms with Crippen LogP contribution in [0.1, 0.15) is 18.4 Å². The van der Waals surface area contributed by atoms with Gasteiger partial charge in [-0.05, 0) is 56.6 Å². The summed E-state index contributed by atoms with van der Waals surface area (Å²) in [4.78, 5) is 11.9. The van der Waals surface area contributed by atoms with Gasteiger partial charge >= 0.3 is 0 Å². The van der Waals surface area contributed by atoms with Crippen LogP contribution >= 0.6 is 12.4 Å². The van der Waals surface area contributed by atoms with Crippen molar-refractivity contribution in [3.8, 4) is 0 Å². The molecule has 0 atom stereocenters. The average molecular weight is 273 g/mol. The van der Waals surface area contributed by atoms with Crippen molar-refractivity contribution in [3.63, 3.8) is 0 Å². The largest absolute Gasteiger partial charge is 0.326 e. The molecular formula is C13H18ClFN2O. The summed E-state index contributed by atoms with van der Waals surface area (Å²) in [7, 11) is 0. The van der Waals surface area contributed by atoms with E-state index >= 15 is 0 Å². The first-order valence-corrected chi connectivity index (χ1v) is 5.94. The molecule has 1 aliphatic rings. The molecule has 2 rings (SSSR count). The number of carbonyl (C=O) groups excluding carboxylic acids is 1. The molecule has 0 radical (unpaired) electrons. The molecular weight excluding hydrogens is 255 g/mol. The first-order valence-electron chi connectivity index (χ1n) is 5.94. The van der Waals surface area contributed by atoms with Crippen molar-refractivity contribution in [1.29, 1.82) is 0 Å². The van der Waals surface area contributed by atoms with Crippen LogP contribution in [0, 0.1) is 18.7 Å². The van der Waals surface area contributed by atoms with Crippen LogP contribution < -0.4 is 10.6 Å². The molecule has 1 aromatic carbocycles. The van der Waals surface area contributed by atoms with Gasteiger partial charge in [-0.15, -0.1) is 12.4 Å². The fraction of sp³-hybridized carbons (Fsp3) is 0.462. The molecule has 1 saturated heterocycles. The minimum Gasteiger partial charge on any atom is -0.326 e. The molecule has 100 valence electrons. The molecule has 1 aliphatic heterocycles. The second-order valence-corrected chi connectivity index (χ2v) is 4.53. The first kappa shape index (κ1) is 14.9. The third-order valence-corrected chi connectivity index (χ3v) is 3.02. The van der Waals surface area contributed by atoms with E-state index < -0.39 is 0 Å². The molecule has 0 spiro atoms. The van der Waals surface area contributed by atoms with Gasteiger partial charge in [-0.2, -0.15) is 0 Å². The molecule has 0 saturated carbocycles. The summed E-state index contributed by atoms with van der Waals surface area (Å²) >= 11 is 0. The zero-order valence-corrected chi connectivity index (χ0v) is 11.1. The van der Waals surface area contributed by atoms with Gasteiger partial charge in [-0.25, -0.2) is 4.39 Å². The summed E-state index contributed by atoms with van der Waals surface area (Å²) in [6.07, 6.45) is 1.69. The van der Waals surface area contributed by atoms with Crippen LogP contribution in [0.15, 0.2) is 18.2 Å². The van der Waals surface area contributed by atoms with Crippen molar-refractivity contribution in [2.75, 3.05) is 18.4 Å². The Morgan fingerprint density at radius 3 is 2.61 bits per heavy atom. The van der Waals surface area contributed by atoms with Gasteiger partial charge in [0, 0.05) is 11.6 Å². The van der Waals surface area contributed by atoms with E-state index in [0.717, 1.165) is 31.5 Å². The summed E-state index contributed by atoms with van der Waals surface area (Å²) in [5.74, 6) is -0.276. The number of hydrogen-bond donors (Lipinski definition) is 2. The summed E-state index contributed by atoms with van der Waals surface area (Å²) in [6.45, 7) is 3.56. The maximum Gasteiger partial charge on any atom is 0.227 e. The Bertz CT molecular complexity index is 399. The van der Waals surface area contributed by atoms with Gasteiger partial charge in [0.25, 0.3) is 0 Å². The molecule has 1 heterocycles. The van der Waals surface area contributed by atoms with Gasteiger partial charge in [0.2, 0.25) is 5.91 Å². The van der Waals surface area contributed by atoms with Crippen LogP contribution in [-0.4, -0.2) is 19.0 Å². The predicted octanol–water partition coefficient (Wildman–Crippen LogP) is 2.49. The smallest absolute Gasteiger partial charge is 0.227 e. The van der Waals surface area contributed by atoms with E-state index in [1.807, 2.05) is 6.92 Å². The lowest BCUT2D eigenvalue weighted by Gasteiger charge is -2.21. The van der Waals surface area contributed by atoms with E-state index in [1.54, 1.807) is 6.07 Å². The quantitative estimate of drug-likeness (QED) is 0.869. The molecule has 2 N–H and O–H groups in total. The van der Waals surface area contributed by atoms with Crippen LogP contribution in [0.4, 0.5) is 10.1 Å². The number of carbonyl (C=O) groups is 1. The van der Waals surface area contributed by atoms with E-state index in [1.165, 1.54) is 12.1 Å². The van der Waals surface area contributed by atoms with Crippen molar-refractivity contribution >= 4 is 24.0 Å². The Balaban J connectivity index is 0.00000162. The number of piperidine rings is 1.